The number of aryl methyl sites for hydroxylation is 1. The number of ether oxygens (including phenoxy) is 1. The second-order valence-corrected chi connectivity index (χ2v) is 3.48. The number of hydrogen-bond donors (Lipinski definition) is 1. The van der Waals surface area contributed by atoms with Gasteiger partial charge in [-0.1, -0.05) is 17.3 Å². The number of nitrogens with one attached hydrogen (secondary N) is 1. The Kier molecular flexibility index (Phi) is 3.10. The second-order valence-electron chi connectivity index (χ2n) is 3.48. The molecule has 0 bridgehead atoms. The maximum atomic E-state index is 5.23. The molecule has 2 aromatic rings. The lowest BCUT2D eigenvalue weighted by Gasteiger charge is -2.08. The zero-order valence-corrected chi connectivity index (χ0v) is 9.36. The van der Waals surface area contributed by atoms with Crippen molar-refractivity contribution in [1.82, 2.24) is 5.16 Å². The third kappa shape index (κ3) is 2.34. The Morgan fingerprint density at radius 3 is 2.88 bits per heavy atom. The SMILES string of the molecule is COc1ccccc1NCc1cc(C)on1. The molecule has 0 saturated heterocycles. The smallest absolute Gasteiger partial charge is 0.141 e. The summed E-state index contributed by atoms with van der Waals surface area (Å²) in [4.78, 5) is 0. The summed E-state index contributed by atoms with van der Waals surface area (Å²) < 4.78 is 10.2. The average molecular weight is 218 g/mol. The molecule has 1 N–H and O–H groups in total. The Hall–Kier alpha value is -1.97. The Morgan fingerprint density at radius 2 is 2.19 bits per heavy atom. The summed E-state index contributed by atoms with van der Waals surface area (Å²) >= 11 is 0. The number of rotatable bonds is 4. The van der Waals surface area contributed by atoms with Gasteiger partial charge in [-0.2, -0.15) is 0 Å². The van der Waals surface area contributed by atoms with E-state index in [0.717, 1.165) is 22.9 Å². The molecule has 0 saturated carbocycles. The van der Waals surface area contributed by atoms with Crippen LogP contribution in [-0.2, 0) is 6.54 Å². The van der Waals surface area contributed by atoms with Crippen LogP contribution in [0.4, 0.5) is 5.69 Å². The number of hydrogen-bond acceptors (Lipinski definition) is 4. The van der Waals surface area contributed by atoms with Crippen LogP contribution in [0.3, 0.4) is 0 Å². The van der Waals surface area contributed by atoms with Gasteiger partial charge in [0.1, 0.15) is 17.2 Å². The fraction of sp³-hybridized carbons (Fsp3) is 0.250. The predicted molar refractivity (Wildman–Crippen MR) is 61.6 cm³/mol. The molecule has 0 atom stereocenters. The zero-order valence-electron chi connectivity index (χ0n) is 9.36. The molecule has 1 heterocycles. The van der Waals surface area contributed by atoms with E-state index in [2.05, 4.69) is 10.5 Å². The Bertz CT molecular complexity index is 466. The summed E-state index contributed by atoms with van der Waals surface area (Å²) in [6.07, 6.45) is 0. The van der Waals surface area contributed by atoms with Crippen LogP contribution in [0.1, 0.15) is 11.5 Å². The van der Waals surface area contributed by atoms with Crippen molar-refractivity contribution in [3.05, 3.63) is 41.8 Å². The van der Waals surface area contributed by atoms with Crippen LogP contribution in [0, 0.1) is 6.92 Å². The van der Waals surface area contributed by atoms with Crippen LogP contribution in [0.2, 0.25) is 0 Å². The molecule has 16 heavy (non-hydrogen) atoms. The van der Waals surface area contributed by atoms with Crippen molar-refractivity contribution in [2.24, 2.45) is 0 Å². The molecule has 1 aromatic carbocycles. The van der Waals surface area contributed by atoms with Crippen LogP contribution in [-0.4, -0.2) is 12.3 Å². The van der Waals surface area contributed by atoms with Crippen LogP contribution in [0.25, 0.3) is 0 Å². The highest BCUT2D eigenvalue weighted by Crippen LogP contribution is 2.23. The van der Waals surface area contributed by atoms with Crippen molar-refractivity contribution in [1.29, 1.82) is 0 Å². The first kappa shape index (κ1) is 10.5. The van der Waals surface area contributed by atoms with Crippen LogP contribution >= 0.6 is 0 Å². The monoisotopic (exact) mass is 218 g/mol. The van der Waals surface area contributed by atoms with Crippen molar-refractivity contribution in [2.75, 3.05) is 12.4 Å². The van der Waals surface area contributed by atoms with Crippen molar-refractivity contribution >= 4 is 5.69 Å². The van der Waals surface area contributed by atoms with Gasteiger partial charge in [0.05, 0.1) is 19.3 Å². The maximum absolute atomic E-state index is 5.23. The van der Waals surface area contributed by atoms with Crippen molar-refractivity contribution < 1.29 is 9.26 Å². The minimum atomic E-state index is 0.623. The van der Waals surface area contributed by atoms with Gasteiger partial charge in [0.25, 0.3) is 0 Å². The molecule has 0 aliphatic carbocycles. The van der Waals surface area contributed by atoms with E-state index >= 15 is 0 Å². The molecule has 1 aromatic heterocycles. The molecule has 4 heteroatoms. The lowest BCUT2D eigenvalue weighted by atomic mass is 10.3. The third-order valence-corrected chi connectivity index (χ3v) is 2.24. The topological polar surface area (TPSA) is 47.3 Å². The van der Waals surface area contributed by atoms with Crippen LogP contribution in [0.15, 0.2) is 34.9 Å². The average Bonchev–Trinajstić information content (AvgIpc) is 2.73. The fourth-order valence-corrected chi connectivity index (χ4v) is 1.48. The molecule has 0 unspecified atom stereocenters. The molecule has 4 nitrogen and oxygen atoms in total. The van der Waals surface area contributed by atoms with Crippen molar-refractivity contribution in [3.63, 3.8) is 0 Å². The number of benzene rings is 1. The second kappa shape index (κ2) is 4.70. The quantitative estimate of drug-likeness (QED) is 0.856. The number of aromatic nitrogens is 1. The number of para-hydroxylation sites is 2. The van der Waals surface area contributed by atoms with Crippen LogP contribution in [0.5, 0.6) is 5.75 Å². The van der Waals surface area contributed by atoms with Gasteiger partial charge >= 0.3 is 0 Å². The van der Waals surface area contributed by atoms with Gasteiger partial charge in [0.15, 0.2) is 0 Å². The van der Waals surface area contributed by atoms with E-state index in [1.807, 2.05) is 37.3 Å². The molecule has 0 aliphatic rings. The standard InChI is InChI=1S/C12H14N2O2/c1-9-7-10(14-16-9)8-13-11-5-3-4-6-12(11)15-2/h3-7,13H,8H2,1-2H3. The minimum Gasteiger partial charge on any atom is -0.495 e. The number of nitrogens with zero attached hydrogens (tertiary/aromatic N) is 1. The zero-order chi connectivity index (χ0) is 11.4. The molecular weight excluding hydrogens is 204 g/mol. The minimum absolute atomic E-state index is 0.623. The molecule has 0 spiro atoms. The van der Waals surface area contributed by atoms with Crippen molar-refractivity contribution in [2.45, 2.75) is 13.5 Å². The fourth-order valence-electron chi connectivity index (χ4n) is 1.48. The van der Waals surface area contributed by atoms with Gasteiger partial charge in [-0.3, -0.25) is 0 Å². The third-order valence-electron chi connectivity index (χ3n) is 2.24. The predicted octanol–water partition coefficient (Wildman–Crippen LogP) is 2.60. The summed E-state index contributed by atoms with van der Waals surface area (Å²) in [5.74, 6) is 1.64. The maximum Gasteiger partial charge on any atom is 0.141 e. The lowest BCUT2D eigenvalue weighted by Crippen LogP contribution is -2.01. The Balaban J connectivity index is 2.04. The van der Waals surface area contributed by atoms with Gasteiger partial charge in [-0.25, -0.2) is 0 Å². The van der Waals surface area contributed by atoms with E-state index in [0.29, 0.717) is 6.54 Å². The molecule has 84 valence electrons. The Labute approximate surface area is 94.2 Å². The number of anilines is 1. The van der Waals surface area contributed by atoms with E-state index in [1.165, 1.54) is 0 Å². The molecule has 0 radical (unpaired) electrons. The first-order valence-corrected chi connectivity index (χ1v) is 5.08. The largest absolute Gasteiger partial charge is 0.495 e. The highest BCUT2D eigenvalue weighted by atomic mass is 16.5. The normalized spacial score (nSPS) is 10.1. The van der Waals surface area contributed by atoms with E-state index in [-0.39, 0.29) is 0 Å². The molecule has 0 aliphatic heterocycles. The van der Waals surface area contributed by atoms with Gasteiger partial charge < -0.3 is 14.6 Å². The van der Waals surface area contributed by atoms with E-state index < -0.39 is 0 Å². The summed E-state index contributed by atoms with van der Waals surface area (Å²) in [7, 11) is 1.65. The first-order chi connectivity index (χ1) is 7.79. The van der Waals surface area contributed by atoms with Gasteiger partial charge in [-0.15, -0.1) is 0 Å². The van der Waals surface area contributed by atoms with E-state index in [4.69, 9.17) is 9.26 Å². The summed E-state index contributed by atoms with van der Waals surface area (Å²) in [5.41, 5.74) is 1.83. The Morgan fingerprint density at radius 1 is 1.38 bits per heavy atom. The summed E-state index contributed by atoms with van der Waals surface area (Å²) in [6.45, 7) is 2.50. The van der Waals surface area contributed by atoms with E-state index in [9.17, 15) is 0 Å². The molecule has 0 fully saturated rings. The molecule has 2 rings (SSSR count). The van der Waals surface area contributed by atoms with Gasteiger partial charge in [0, 0.05) is 6.07 Å². The van der Waals surface area contributed by atoms with Crippen molar-refractivity contribution in [3.8, 4) is 5.75 Å². The van der Waals surface area contributed by atoms with Gasteiger partial charge in [0.2, 0.25) is 0 Å². The highest BCUT2D eigenvalue weighted by molar-refractivity contribution is 5.56. The number of methoxy groups -OCH3 is 1. The molecular formula is C12H14N2O2. The van der Waals surface area contributed by atoms with Gasteiger partial charge in [-0.05, 0) is 19.1 Å². The summed E-state index contributed by atoms with van der Waals surface area (Å²) in [5, 5.41) is 7.15. The summed E-state index contributed by atoms with van der Waals surface area (Å²) in [6, 6.07) is 9.67. The highest BCUT2D eigenvalue weighted by Gasteiger charge is 2.03. The van der Waals surface area contributed by atoms with Crippen LogP contribution < -0.4 is 10.1 Å². The molecule has 0 amide bonds. The lowest BCUT2D eigenvalue weighted by molar-refractivity contribution is 0.391. The van der Waals surface area contributed by atoms with E-state index in [1.54, 1.807) is 7.11 Å². The first-order valence-electron chi connectivity index (χ1n) is 5.08.